The molecule has 3 unspecified atom stereocenters. The maximum Gasteiger partial charge on any atom is 0.407 e. The van der Waals surface area contributed by atoms with Crippen molar-refractivity contribution in [2.45, 2.75) is 64.5 Å². The molecule has 1 saturated carbocycles. The number of carbonyl (C=O) groups excluding carboxylic acids is 2. The molecule has 3 atom stereocenters. The van der Waals surface area contributed by atoms with Crippen LogP contribution in [0.2, 0.25) is 0 Å². The molecule has 0 radical (unpaired) electrons. The molecule has 1 fully saturated rings. The first-order valence-electron chi connectivity index (χ1n) is 12.3. The standard InChI is InChI=1S/C28H34N2O5/c1-28(2,3)25(26(33)29-18-13-12-17(14-18)15-24(31)32)30-27(34)35-16-23-21-10-6-4-8-19(21)20-9-5-7-11-22(20)23/h4-11,17-18,23,25H,12-16H2,1-3H3,(H,29,33)(H,30,34)(H,31,32). The van der Waals surface area contributed by atoms with E-state index in [1.807, 2.05) is 45.0 Å². The van der Waals surface area contributed by atoms with E-state index in [-0.39, 0.29) is 36.8 Å². The van der Waals surface area contributed by atoms with Crippen molar-refractivity contribution in [3.63, 3.8) is 0 Å². The summed E-state index contributed by atoms with van der Waals surface area (Å²) in [5, 5.41) is 14.8. The van der Waals surface area contributed by atoms with Crippen LogP contribution in [0.4, 0.5) is 4.79 Å². The van der Waals surface area contributed by atoms with Crippen LogP contribution in [-0.4, -0.2) is 41.8 Å². The molecule has 0 aliphatic heterocycles. The summed E-state index contributed by atoms with van der Waals surface area (Å²) in [5.74, 6) is -1.07. The van der Waals surface area contributed by atoms with E-state index in [4.69, 9.17) is 9.84 Å². The lowest BCUT2D eigenvalue weighted by Crippen LogP contribution is -2.55. The number of alkyl carbamates (subject to hydrolysis) is 1. The number of hydrogen-bond donors (Lipinski definition) is 3. The van der Waals surface area contributed by atoms with Crippen molar-refractivity contribution >= 4 is 18.0 Å². The maximum absolute atomic E-state index is 13.1. The van der Waals surface area contributed by atoms with Gasteiger partial charge in [-0.1, -0.05) is 69.3 Å². The molecule has 35 heavy (non-hydrogen) atoms. The molecule has 2 aromatic carbocycles. The van der Waals surface area contributed by atoms with Gasteiger partial charge in [0.05, 0.1) is 0 Å². The van der Waals surface area contributed by atoms with Gasteiger partial charge in [-0.25, -0.2) is 4.79 Å². The number of aliphatic carboxylic acids is 1. The summed E-state index contributed by atoms with van der Waals surface area (Å²) < 4.78 is 5.65. The van der Waals surface area contributed by atoms with E-state index in [1.54, 1.807) is 0 Å². The topological polar surface area (TPSA) is 105 Å². The van der Waals surface area contributed by atoms with Crippen LogP contribution in [-0.2, 0) is 14.3 Å². The summed E-state index contributed by atoms with van der Waals surface area (Å²) >= 11 is 0. The van der Waals surface area contributed by atoms with Crippen molar-refractivity contribution in [1.29, 1.82) is 0 Å². The van der Waals surface area contributed by atoms with Gasteiger partial charge in [-0.05, 0) is 52.8 Å². The van der Waals surface area contributed by atoms with Gasteiger partial charge in [0.2, 0.25) is 5.91 Å². The van der Waals surface area contributed by atoms with Crippen molar-refractivity contribution in [1.82, 2.24) is 10.6 Å². The molecule has 186 valence electrons. The molecule has 0 spiro atoms. The van der Waals surface area contributed by atoms with Gasteiger partial charge >= 0.3 is 12.1 Å². The second-order valence-corrected chi connectivity index (χ2v) is 10.8. The molecule has 2 amide bonds. The molecule has 3 N–H and O–H groups in total. The number of rotatable bonds is 7. The number of fused-ring (bicyclic) bond motifs is 3. The molecule has 2 aromatic rings. The van der Waals surface area contributed by atoms with E-state index in [2.05, 4.69) is 34.9 Å². The highest BCUT2D eigenvalue weighted by Crippen LogP contribution is 2.44. The van der Waals surface area contributed by atoms with Gasteiger partial charge in [0, 0.05) is 18.4 Å². The van der Waals surface area contributed by atoms with Crippen molar-refractivity contribution in [2.75, 3.05) is 6.61 Å². The highest BCUT2D eigenvalue weighted by molar-refractivity contribution is 5.86. The average molecular weight is 479 g/mol. The van der Waals surface area contributed by atoms with E-state index < -0.39 is 23.5 Å². The smallest absolute Gasteiger partial charge is 0.407 e. The number of amides is 2. The Morgan fingerprint density at radius 2 is 1.60 bits per heavy atom. The predicted molar refractivity (Wildman–Crippen MR) is 133 cm³/mol. The van der Waals surface area contributed by atoms with Crippen LogP contribution in [0.3, 0.4) is 0 Å². The zero-order valence-electron chi connectivity index (χ0n) is 20.5. The third-order valence-corrected chi connectivity index (χ3v) is 7.08. The third-order valence-electron chi connectivity index (χ3n) is 7.08. The predicted octanol–water partition coefficient (Wildman–Crippen LogP) is 4.70. The Balaban J connectivity index is 1.37. The largest absolute Gasteiger partial charge is 0.481 e. The van der Waals surface area contributed by atoms with Crippen LogP contribution in [0.1, 0.15) is 63.5 Å². The van der Waals surface area contributed by atoms with Crippen LogP contribution < -0.4 is 10.6 Å². The Morgan fingerprint density at radius 1 is 1.00 bits per heavy atom. The average Bonchev–Trinajstić information content (AvgIpc) is 3.36. The Kier molecular flexibility index (Phi) is 7.15. The maximum atomic E-state index is 13.1. The van der Waals surface area contributed by atoms with Gasteiger partial charge in [0.15, 0.2) is 0 Å². The minimum Gasteiger partial charge on any atom is -0.481 e. The summed E-state index contributed by atoms with van der Waals surface area (Å²) in [6.07, 6.45) is 1.65. The molecule has 0 saturated heterocycles. The van der Waals surface area contributed by atoms with Gasteiger partial charge in [0.1, 0.15) is 12.6 Å². The van der Waals surface area contributed by atoms with Crippen LogP contribution in [0.15, 0.2) is 48.5 Å². The van der Waals surface area contributed by atoms with Gasteiger partial charge in [-0.2, -0.15) is 0 Å². The summed E-state index contributed by atoms with van der Waals surface area (Å²) in [5.41, 5.74) is 4.03. The lowest BCUT2D eigenvalue weighted by atomic mass is 9.86. The Bertz CT molecular complexity index is 1060. The highest BCUT2D eigenvalue weighted by Gasteiger charge is 2.36. The highest BCUT2D eigenvalue weighted by atomic mass is 16.5. The number of carboxylic acids is 1. The van der Waals surface area contributed by atoms with Crippen molar-refractivity contribution in [2.24, 2.45) is 11.3 Å². The third kappa shape index (κ3) is 5.66. The summed E-state index contributed by atoms with van der Waals surface area (Å²) in [4.78, 5) is 36.9. The van der Waals surface area contributed by atoms with Gasteiger partial charge in [-0.3, -0.25) is 9.59 Å². The lowest BCUT2D eigenvalue weighted by molar-refractivity contribution is -0.138. The Morgan fingerprint density at radius 3 is 2.17 bits per heavy atom. The van der Waals surface area contributed by atoms with E-state index in [0.717, 1.165) is 35.1 Å². The molecule has 4 rings (SSSR count). The van der Waals surface area contributed by atoms with Crippen LogP contribution in [0.5, 0.6) is 0 Å². The minimum absolute atomic E-state index is 0.0558. The van der Waals surface area contributed by atoms with E-state index in [9.17, 15) is 14.4 Å². The summed E-state index contributed by atoms with van der Waals surface area (Å²) in [6, 6.07) is 15.4. The number of hydrogen-bond acceptors (Lipinski definition) is 4. The fraction of sp³-hybridized carbons (Fsp3) is 0.464. The molecule has 0 bridgehead atoms. The first-order valence-corrected chi connectivity index (χ1v) is 12.3. The van der Waals surface area contributed by atoms with E-state index in [0.29, 0.717) is 6.42 Å². The number of benzene rings is 2. The van der Waals surface area contributed by atoms with E-state index in [1.165, 1.54) is 0 Å². The Labute approximate surface area is 206 Å². The SMILES string of the molecule is CC(C)(C)C(NC(=O)OCC1c2ccccc2-c2ccccc21)C(=O)NC1CCC(CC(=O)O)C1. The fourth-order valence-electron chi connectivity index (χ4n) is 5.36. The molecule has 0 heterocycles. The molecule has 7 nitrogen and oxygen atoms in total. The number of nitrogens with one attached hydrogen (secondary N) is 2. The quantitative estimate of drug-likeness (QED) is 0.535. The van der Waals surface area contributed by atoms with Gasteiger partial charge < -0.3 is 20.5 Å². The van der Waals surface area contributed by atoms with Crippen molar-refractivity contribution in [3.8, 4) is 11.1 Å². The minimum atomic E-state index is -0.813. The van der Waals surface area contributed by atoms with Crippen LogP contribution >= 0.6 is 0 Å². The van der Waals surface area contributed by atoms with Crippen LogP contribution in [0.25, 0.3) is 11.1 Å². The van der Waals surface area contributed by atoms with E-state index >= 15 is 0 Å². The second-order valence-electron chi connectivity index (χ2n) is 10.8. The zero-order chi connectivity index (χ0) is 25.2. The molecule has 0 aromatic heterocycles. The number of ether oxygens (including phenoxy) is 1. The monoisotopic (exact) mass is 478 g/mol. The summed E-state index contributed by atoms with van der Waals surface area (Å²) in [7, 11) is 0. The van der Waals surface area contributed by atoms with Crippen LogP contribution in [0, 0.1) is 11.3 Å². The second kappa shape index (κ2) is 10.1. The number of carboxylic acid groups (broad SMARTS) is 1. The van der Waals surface area contributed by atoms with Gasteiger partial charge in [-0.15, -0.1) is 0 Å². The Hall–Kier alpha value is -3.35. The first-order chi connectivity index (χ1) is 16.6. The van der Waals surface area contributed by atoms with Crippen molar-refractivity contribution < 1.29 is 24.2 Å². The van der Waals surface area contributed by atoms with Gasteiger partial charge in [0.25, 0.3) is 0 Å². The zero-order valence-corrected chi connectivity index (χ0v) is 20.5. The summed E-state index contributed by atoms with van der Waals surface area (Å²) in [6.45, 7) is 5.85. The fourth-order valence-corrected chi connectivity index (χ4v) is 5.36. The molecule has 2 aliphatic rings. The molecular formula is C28H34N2O5. The molecule has 7 heteroatoms. The van der Waals surface area contributed by atoms with Crippen molar-refractivity contribution in [3.05, 3.63) is 59.7 Å². The molecule has 2 aliphatic carbocycles. The lowest BCUT2D eigenvalue weighted by Gasteiger charge is -2.31. The first kappa shape index (κ1) is 24.8. The molecular weight excluding hydrogens is 444 g/mol. The number of carbonyl (C=O) groups is 3. The normalized spacial score (nSPS) is 20.0.